The van der Waals surface area contributed by atoms with Gasteiger partial charge in [-0.15, -0.1) is 0 Å². The van der Waals surface area contributed by atoms with Crippen LogP contribution >= 0.6 is 11.6 Å². The first-order chi connectivity index (χ1) is 13.8. The Morgan fingerprint density at radius 1 is 1.03 bits per heavy atom. The number of methoxy groups -OCH3 is 2. The van der Waals surface area contributed by atoms with Crippen molar-refractivity contribution in [2.24, 2.45) is 0 Å². The Bertz CT molecular complexity index is 839. The lowest BCUT2D eigenvalue weighted by molar-refractivity contribution is -0.138. The van der Waals surface area contributed by atoms with Gasteiger partial charge in [0.2, 0.25) is 11.8 Å². The van der Waals surface area contributed by atoms with Crippen molar-refractivity contribution in [2.45, 2.75) is 32.9 Å². The first kappa shape index (κ1) is 22.6. The molecule has 1 N–H and O–H groups in total. The molecule has 0 spiro atoms. The minimum Gasteiger partial charge on any atom is -0.493 e. The van der Waals surface area contributed by atoms with Crippen LogP contribution in [0.5, 0.6) is 11.5 Å². The van der Waals surface area contributed by atoms with Gasteiger partial charge in [0.25, 0.3) is 0 Å². The van der Waals surface area contributed by atoms with E-state index in [1.165, 1.54) is 11.8 Å². The molecule has 0 radical (unpaired) electrons. The Morgan fingerprint density at radius 3 is 2.24 bits per heavy atom. The van der Waals surface area contributed by atoms with E-state index in [2.05, 4.69) is 5.32 Å². The third kappa shape index (κ3) is 6.39. The third-order valence-corrected chi connectivity index (χ3v) is 4.93. The Balaban J connectivity index is 1.94. The van der Waals surface area contributed by atoms with Gasteiger partial charge in [0.1, 0.15) is 6.04 Å². The van der Waals surface area contributed by atoms with E-state index in [0.29, 0.717) is 36.0 Å². The van der Waals surface area contributed by atoms with Crippen LogP contribution in [0.15, 0.2) is 42.5 Å². The standard InChI is InChI=1S/C22H27ClN2O4/c1-15(25(16(2)26)14-18-5-8-19(23)9-6-18)22(27)24-12-11-17-7-10-20(28-3)21(13-17)29-4/h5-10,13,15H,11-12,14H2,1-4H3,(H,24,27)/t15-/m0/s1. The predicted octanol–water partition coefficient (Wildman–Crippen LogP) is 3.45. The van der Waals surface area contributed by atoms with Crippen LogP contribution in [0.4, 0.5) is 0 Å². The molecule has 0 aliphatic rings. The van der Waals surface area contributed by atoms with Crippen LogP contribution in [-0.2, 0) is 22.6 Å². The minimum absolute atomic E-state index is 0.164. The Kier molecular flexibility index (Phi) is 8.34. The van der Waals surface area contributed by atoms with Gasteiger partial charge in [-0.05, 0) is 48.7 Å². The van der Waals surface area contributed by atoms with Gasteiger partial charge in [0, 0.05) is 25.0 Å². The van der Waals surface area contributed by atoms with Crippen molar-refractivity contribution in [1.29, 1.82) is 0 Å². The average Bonchev–Trinajstić information content (AvgIpc) is 2.72. The van der Waals surface area contributed by atoms with E-state index in [1.807, 2.05) is 30.3 Å². The molecule has 0 saturated heterocycles. The molecule has 2 amide bonds. The van der Waals surface area contributed by atoms with Gasteiger partial charge >= 0.3 is 0 Å². The second-order valence-corrected chi connectivity index (χ2v) is 7.12. The van der Waals surface area contributed by atoms with Crippen molar-refractivity contribution < 1.29 is 19.1 Å². The van der Waals surface area contributed by atoms with E-state index < -0.39 is 6.04 Å². The van der Waals surface area contributed by atoms with E-state index in [-0.39, 0.29) is 11.8 Å². The fraction of sp³-hybridized carbons (Fsp3) is 0.364. The number of hydrogen-bond acceptors (Lipinski definition) is 4. The summed E-state index contributed by atoms with van der Waals surface area (Å²) in [6.45, 7) is 3.98. The van der Waals surface area contributed by atoms with Gasteiger partial charge in [-0.1, -0.05) is 29.8 Å². The number of rotatable bonds is 9. The fourth-order valence-corrected chi connectivity index (χ4v) is 3.09. The van der Waals surface area contributed by atoms with Gasteiger partial charge < -0.3 is 19.7 Å². The van der Waals surface area contributed by atoms with Gasteiger partial charge in [-0.25, -0.2) is 0 Å². The van der Waals surface area contributed by atoms with Crippen molar-refractivity contribution >= 4 is 23.4 Å². The molecule has 2 aromatic rings. The lowest BCUT2D eigenvalue weighted by Gasteiger charge is -2.27. The molecule has 0 fully saturated rings. The molecular formula is C22H27ClN2O4. The zero-order valence-electron chi connectivity index (χ0n) is 17.2. The smallest absolute Gasteiger partial charge is 0.242 e. The number of amides is 2. The molecule has 0 aromatic heterocycles. The van der Waals surface area contributed by atoms with Crippen LogP contribution in [0.2, 0.25) is 5.02 Å². The SMILES string of the molecule is COc1ccc(CCNC(=O)[C@H](C)N(Cc2ccc(Cl)cc2)C(C)=O)cc1OC. The summed E-state index contributed by atoms with van der Waals surface area (Å²) in [5.41, 5.74) is 1.93. The first-order valence-electron chi connectivity index (χ1n) is 9.36. The maximum absolute atomic E-state index is 12.6. The highest BCUT2D eigenvalue weighted by Crippen LogP contribution is 2.27. The summed E-state index contributed by atoms with van der Waals surface area (Å²) in [6.07, 6.45) is 0.635. The van der Waals surface area contributed by atoms with Crippen LogP contribution < -0.4 is 14.8 Å². The highest BCUT2D eigenvalue weighted by atomic mass is 35.5. The number of nitrogens with zero attached hydrogens (tertiary/aromatic N) is 1. The summed E-state index contributed by atoms with van der Waals surface area (Å²) in [4.78, 5) is 26.2. The summed E-state index contributed by atoms with van der Waals surface area (Å²) in [7, 11) is 3.17. The van der Waals surface area contributed by atoms with E-state index in [1.54, 1.807) is 33.3 Å². The molecule has 0 unspecified atom stereocenters. The molecule has 0 aliphatic carbocycles. The molecule has 7 heteroatoms. The number of nitrogens with one attached hydrogen (secondary N) is 1. The van der Waals surface area contributed by atoms with Gasteiger partial charge in [0.05, 0.1) is 14.2 Å². The maximum atomic E-state index is 12.6. The van der Waals surface area contributed by atoms with Crippen LogP contribution in [0.25, 0.3) is 0 Å². The molecule has 29 heavy (non-hydrogen) atoms. The summed E-state index contributed by atoms with van der Waals surface area (Å²) in [5.74, 6) is 0.945. The topological polar surface area (TPSA) is 67.9 Å². The molecule has 0 saturated carbocycles. The number of carbonyl (C=O) groups is 2. The van der Waals surface area contributed by atoms with E-state index >= 15 is 0 Å². The molecule has 0 aliphatic heterocycles. The second-order valence-electron chi connectivity index (χ2n) is 6.68. The summed E-state index contributed by atoms with van der Waals surface area (Å²) < 4.78 is 10.5. The van der Waals surface area contributed by atoms with Gasteiger partial charge in [-0.3, -0.25) is 9.59 Å². The van der Waals surface area contributed by atoms with Crippen molar-refractivity contribution in [2.75, 3.05) is 20.8 Å². The van der Waals surface area contributed by atoms with E-state index in [0.717, 1.165) is 11.1 Å². The maximum Gasteiger partial charge on any atom is 0.242 e. The molecule has 6 nitrogen and oxygen atoms in total. The molecule has 0 bridgehead atoms. The lowest BCUT2D eigenvalue weighted by Crippen LogP contribution is -2.47. The molecule has 2 aromatic carbocycles. The predicted molar refractivity (Wildman–Crippen MR) is 113 cm³/mol. The number of halogens is 1. The molecule has 1 atom stereocenters. The summed E-state index contributed by atoms with van der Waals surface area (Å²) in [5, 5.41) is 3.53. The lowest BCUT2D eigenvalue weighted by atomic mass is 10.1. The largest absolute Gasteiger partial charge is 0.493 e. The van der Waals surface area contributed by atoms with Crippen LogP contribution in [-0.4, -0.2) is 43.5 Å². The van der Waals surface area contributed by atoms with E-state index in [9.17, 15) is 9.59 Å². The Labute approximate surface area is 176 Å². The normalized spacial score (nSPS) is 11.5. The second kappa shape index (κ2) is 10.7. The fourth-order valence-electron chi connectivity index (χ4n) is 2.96. The monoisotopic (exact) mass is 418 g/mol. The molecule has 2 rings (SSSR count). The first-order valence-corrected chi connectivity index (χ1v) is 9.73. The van der Waals surface area contributed by atoms with Crippen molar-refractivity contribution in [3.63, 3.8) is 0 Å². The van der Waals surface area contributed by atoms with Crippen molar-refractivity contribution in [3.05, 3.63) is 58.6 Å². The third-order valence-electron chi connectivity index (χ3n) is 4.68. The Morgan fingerprint density at radius 2 is 1.66 bits per heavy atom. The highest BCUT2D eigenvalue weighted by Gasteiger charge is 2.23. The number of ether oxygens (including phenoxy) is 2. The summed E-state index contributed by atoms with van der Waals surface area (Å²) >= 11 is 5.91. The van der Waals surface area contributed by atoms with Gasteiger partial charge in [-0.2, -0.15) is 0 Å². The van der Waals surface area contributed by atoms with Crippen LogP contribution in [0, 0.1) is 0 Å². The quantitative estimate of drug-likeness (QED) is 0.677. The zero-order chi connectivity index (χ0) is 21.4. The van der Waals surface area contributed by atoms with Crippen molar-refractivity contribution in [3.8, 4) is 11.5 Å². The minimum atomic E-state index is -0.589. The van der Waals surface area contributed by atoms with E-state index in [4.69, 9.17) is 21.1 Å². The highest BCUT2D eigenvalue weighted by molar-refractivity contribution is 6.30. The summed E-state index contributed by atoms with van der Waals surface area (Å²) in [6, 6.07) is 12.3. The van der Waals surface area contributed by atoms with Crippen LogP contribution in [0.3, 0.4) is 0 Å². The Hall–Kier alpha value is -2.73. The molecular weight excluding hydrogens is 392 g/mol. The number of hydrogen-bond donors (Lipinski definition) is 1. The number of benzene rings is 2. The van der Waals surface area contributed by atoms with Crippen LogP contribution in [0.1, 0.15) is 25.0 Å². The van der Waals surface area contributed by atoms with Gasteiger partial charge in [0.15, 0.2) is 11.5 Å². The van der Waals surface area contributed by atoms with Crippen molar-refractivity contribution in [1.82, 2.24) is 10.2 Å². The number of carbonyl (C=O) groups excluding carboxylic acids is 2. The molecule has 156 valence electrons. The zero-order valence-corrected chi connectivity index (χ0v) is 18.0. The average molecular weight is 419 g/mol. The molecule has 0 heterocycles.